The molecule has 26 heavy (non-hydrogen) atoms. The summed E-state index contributed by atoms with van der Waals surface area (Å²) in [7, 11) is 0. The van der Waals surface area contributed by atoms with Gasteiger partial charge in [-0.3, -0.25) is 4.98 Å². The Hall–Kier alpha value is -2.66. The predicted molar refractivity (Wildman–Crippen MR) is 109 cm³/mol. The zero-order valence-corrected chi connectivity index (χ0v) is 16.0. The van der Waals surface area contributed by atoms with E-state index in [4.69, 9.17) is 12.2 Å². The first-order valence-corrected chi connectivity index (χ1v) is 9.19. The van der Waals surface area contributed by atoms with Gasteiger partial charge in [-0.15, -0.1) is 0 Å². The SMILES string of the molecule is Cc1ccc([C@@H]2[C@H](c3ccccn3)NC(=S)N2c2ccc(C)c(C)c2)[nH]1. The van der Waals surface area contributed by atoms with Crippen molar-refractivity contribution in [1.82, 2.24) is 15.3 Å². The lowest BCUT2D eigenvalue weighted by molar-refractivity contribution is 0.558. The van der Waals surface area contributed by atoms with Crippen molar-refractivity contribution >= 4 is 23.0 Å². The Morgan fingerprint density at radius 2 is 1.85 bits per heavy atom. The van der Waals surface area contributed by atoms with Crippen LogP contribution in [0.3, 0.4) is 0 Å². The highest BCUT2D eigenvalue weighted by Crippen LogP contribution is 2.41. The summed E-state index contributed by atoms with van der Waals surface area (Å²) in [5, 5.41) is 4.21. The van der Waals surface area contributed by atoms with Crippen molar-refractivity contribution in [3.05, 3.63) is 82.9 Å². The lowest BCUT2D eigenvalue weighted by Gasteiger charge is -2.27. The van der Waals surface area contributed by atoms with Crippen molar-refractivity contribution in [2.75, 3.05) is 4.90 Å². The highest BCUT2D eigenvalue weighted by molar-refractivity contribution is 7.80. The van der Waals surface area contributed by atoms with Crippen LogP contribution in [0.2, 0.25) is 0 Å². The summed E-state index contributed by atoms with van der Waals surface area (Å²) in [5.41, 5.74) is 6.88. The van der Waals surface area contributed by atoms with Crippen LogP contribution in [0.5, 0.6) is 0 Å². The highest BCUT2D eigenvalue weighted by Gasteiger charge is 2.41. The molecule has 0 spiro atoms. The molecule has 5 heteroatoms. The molecule has 0 bridgehead atoms. The second-order valence-electron chi connectivity index (χ2n) is 6.86. The van der Waals surface area contributed by atoms with Crippen molar-refractivity contribution in [1.29, 1.82) is 0 Å². The van der Waals surface area contributed by atoms with Crippen LogP contribution in [0.25, 0.3) is 0 Å². The number of nitrogens with zero attached hydrogens (tertiary/aromatic N) is 2. The Kier molecular flexibility index (Phi) is 4.24. The Morgan fingerprint density at radius 3 is 2.50 bits per heavy atom. The van der Waals surface area contributed by atoms with Crippen molar-refractivity contribution in [2.24, 2.45) is 0 Å². The van der Waals surface area contributed by atoms with Crippen molar-refractivity contribution in [2.45, 2.75) is 32.9 Å². The van der Waals surface area contributed by atoms with Crippen LogP contribution < -0.4 is 10.2 Å². The van der Waals surface area contributed by atoms with Crippen LogP contribution in [-0.4, -0.2) is 15.1 Å². The van der Waals surface area contributed by atoms with Gasteiger partial charge in [0.2, 0.25) is 0 Å². The van der Waals surface area contributed by atoms with Crippen molar-refractivity contribution in [3.63, 3.8) is 0 Å². The molecule has 132 valence electrons. The Bertz CT molecular complexity index is 948. The third-order valence-corrected chi connectivity index (χ3v) is 5.35. The molecule has 1 aliphatic rings. The van der Waals surface area contributed by atoms with E-state index in [1.54, 1.807) is 0 Å². The minimum Gasteiger partial charge on any atom is -0.361 e. The molecule has 2 N–H and O–H groups in total. The molecule has 0 unspecified atom stereocenters. The van der Waals surface area contributed by atoms with Gasteiger partial charge in [0.05, 0.1) is 11.7 Å². The number of nitrogens with one attached hydrogen (secondary N) is 2. The van der Waals surface area contributed by atoms with E-state index in [1.165, 1.54) is 11.1 Å². The molecule has 1 aromatic carbocycles. The van der Waals surface area contributed by atoms with Crippen LogP contribution in [-0.2, 0) is 0 Å². The van der Waals surface area contributed by atoms with Gasteiger partial charge in [0.25, 0.3) is 0 Å². The minimum atomic E-state index is -0.0108. The van der Waals surface area contributed by atoms with Gasteiger partial charge in [-0.05, 0) is 80.5 Å². The molecular formula is C21H22N4S. The van der Waals surface area contributed by atoms with E-state index in [0.717, 1.165) is 27.9 Å². The molecule has 2 aromatic heterocycles. The van der Waals surface area contributed by atoms with Crippen LogP contribution in [0.1, 0.15) is 40.3 Å². The number of rotatable bonds is 3. The molecule has 4 nitrogen and oxygen atoms in total. The van der Waals surface area contributed by atoms with Gasteiger partial charge in [0.1, 0.15) is 6.04 Å². The Labute approximate surface area is 159 Å². The zero-order valence-electron chi connectivity index (χ0n) is 15.2. The molecule has 0 saturated carbocycles. The summed E-state index contributed by atoms with van der Waals surface area (Å²) in [5.74, 6) is 0. The minimum absolute atomic E-state index is 0.0108. The molecule has 1 saturated heterocycles. The van der Waals surface area contributed by atoms with Crippen molar-refractivity contribution < 1.29 is 0 Å². The van der Waals surface area contributed by atoms with Crippen LogP contribution >= 0.6 is 12.2 Å². The smallest absolute Gasteiger partial charge is 0.174 e. The number of H-pyrrole nitrogens is 1. The molecule has 3 aromatic rings. The summed E-state index contributed by atoms with van der Waals surface area (Å²) in [6.45, 7) is 6.33. The molecule has 2 atom stereocenters. The van der Waals surface area contributed by atoms with Gasteiger partial charge in [0, 0.05) is 23.3 Å². The highest BCUT2D eigenvalue weighted by atomic mass is 32.1. The third kappa shape index (κ3) is 2.88. The summed E-state index contributed by atoms with van der Waals surface area (Å²) in [4.78, 5) is 10.3. The van der Waals surface area contributed by atoms with E-state index in [1.807, 2.05) is 24.4 Å². The normalized spacial score (nSPS) is 19.7. The average molecular weight is 363 g/mol. The number of anilines is 1. The van der Waals surface area contributed by atoms with E-state index in [0.29, 0.717) is 0 Å². The lowest BCUT2D eigenvalue weighted by Crippen LogP contribution is -2.29. The van der Waals surface area contributed by atoms with E-state index in [9.17, 15) is 0 Å². The maximum Gasteiger partial charge on any atom is 0.174 e. The quantitative estimate of drug-likeness (QED) is 0.673. The molecule has 1 fully saturated rings. The molecule has 0 radical (unpaired) electrons. The summed E-state index contributed by atoms with van der Waals surface area (Å²) in [6.07, 6.45) is 1.83. The van der Waals surface area contributed by atoms with E-state index >= 15 is 0 Å². The lowest BCUT2D eigenvalue weighted by atomic mass is 10.0. The number of benzene rings is 1. The zero-order chi connectivity index (χ0) is 18.3. The number of aromatic nitrogens is 2. The predicted octanol–water partition coefficient (Wildman–Crippen LogP) is 4.51. The Balaban J connectivity index is 1.83. The monoisotopic (exact) mass is 362 g/mol. The fourth-order valence-corrected chi connectivity index (χ4v) is 3.87. The second-order valence-corrected chi connectivity index (χ2v) is 7.25. The number of hydrogen-bond donors (Lipinski definition) is 2. The molecule has 0 amide bonds. The summed E-state index contributed by atoms with van der Waals surface area (Å²) >= 11 is 5.73. The number of thiocarbonyl (C=S) groups is 1. The molecule has 4 rings (SSSR count). The van der Waals surface area contributed by atoms with Gasteiger partial charge in [-0.2, -0.15) is 0 Å². The van der Waals surface area contributed by atoms with E-state index in [-0.39, 0.29) is 12.1 Å². The third-order valence-electron chi connectivity index (χ3n) is 5.04. The second kappa shape index (κ2) is 6.57. The fourth-order valence-electron chi connectivity index (χ4n) is 3.52. The van der Waals surface area contributed by atoms with Crippen LogP contribution in [0, 0.1) is 20.8 Å². The first kappa shape index (κ1) is 16.8. The van der Waals surface area contributed by atoms with E-state index < -0.39 is 0 Å². The van der Waals surface area contributed by atoms with Gasteiger partial charge in [-0.25, -0.2) is 0 Å². The van der Waals surface area contributed by atoms with Crippen molar-refractivity contribution in [3.8, 4) is 0 Å². The summed E-state index contributed by atoms with van der Waals surface area (Å²) < 4.78 is 0. The summed E-state index contributed by atoms with van der Waals surface area (Å²) in [6, 6.07) is 16.7. The molecule has 1 aliphatic heterocycles. The first-order chi connectivity index (χ1) is 12.5. The first-order valence-electron chi connectivity index (χ1n) is 8.78. The van der Waals surface area contributed by atoms with Gasteiger partial charge < -0.3 is 15.2 Å². The number of aromatic amines is 1. The van der Waals surface area contributed by atoms with Gasteiger partial charge in [0.15, 0.2) is 5.11 Å². The standard InChI is InChI=1S/C21H22N4S/c1-13-7-9-16(12-14(13)2)25-20(18-10-8-15(3)23-18)19(24-21(25)26)17-6-4-5-11-22-17/h4-12,19-20,23H,1-3H3,(H,24,26)/t19-,20+/m0/s1. The number of pyridine rings is 1. The van der Waals surface area contributed by atoms with E-state index in [2.05, 4.69) is 71.3 Å². The maximum atomic E-state index is 5.73. The number of aryl methyl sites for hydroxylation is 3. The molecular weight excluding hydrogens is 340 g/mol. The largest absolute Gasteiger partial charge is 0.361 e. The topological polar surface area (TPSA) is 44.0 Å². The van der Waals surface area contributed by atoms with Gasteiger partial charge >= 0.3 is 0 Å². The van der Waals surface area contributed by atoms with Crippen LogP contribution in [0.4, 0.5) is 5.69 Å². The van der Waals surface area contributed by atoms with Crippen LogP contribution in [0.15, 0.2) is 54.7 Å². The fraction of sp³-hybridized carbons (Fsp3) is 0.238. The number of hydrogen-bond acceptors (Lipinski definition) is 2. The Morgan fingerprint density at radius 1 is 1.00 bits per heavy atom. The molecule has 3 heterocycles. The average Bonchev–Trinajstić information content (AvgIpc) is 3.21. The maximum absolute atomic E-state index is 5.73. The molecule has 0 aliphatic carbocycles. The van der Waals surface area contributed by atoms with Gasteiger partial charge in [-0.1, -0.05) is 12.1 Å².